The fourth-order valence-electron chi connectivity index (χ4n) is 2.13. The molecule has 1 fully saturated rings. The van der Waals surface area contributed by atoms with Crippen LogP contribution < -0.4 is 5.73 Å². The minimum Gasteiger partial charge on any atom is -0.399 e. The van der Waals surface area contributed by atoms with Crippen LogP contribution in [0.3, 0.4) is 0 Å². The first kappa shape index (κ1) is 13.3. The molecule has 2 rings (SSSR count). The highest BCUT2D eigenvalue weighted by atomic mass is 32.2. The van der Waals surface area contributed by atoms with Crippen molar-refractivity contribution in [2.75, 3.05) is 25.9 Å². The number of hydrogen-bond acceptors (Lipinski definition) is 4. The minimum atomic E-state index is -3.42. The quantitative estimate of drug-likeness (QED) is 0.834. The zero-order valence-corrected chi connectivity index (χ0v) is 11.2. The van der Waals surface area contributed by atoms with Crippen molar-refractivity contribution in [1.29, 1.82) is 0 Å². The largest absolute Gasteiger partial charge is 0.399 e. The van der Waals surface area contributed by atoms with E-state index in [-0.39, 0.29) is 11.0 Å². The molecule has 0 saturated carbocycles. The number of anilines is 1. The number of benzene rings is 1. The number of nitrogens with two attached hydrogens (primary N) is 1. The average Bonchev–Trinajstić information content (AvgIpc) is 2.39. The Morgan fingerprint density at radius 3 is 2.56 bits per heavy atom. The molecule has 0 atom stereocenters. The highest BCUT2D eigenvalue weighted by Crippen LogP contribution is 2.22. The van der Waals surface area contributed by atoms with Crippen LogP contribution in [0.2, 0.25) is 0 Å². The molecule has 0 aromatic heterocycles. The molecule has 6 heteroatoms. The van der Waals surface area contributed by atoms with E-state index in [1.807, 2.05) is 0 Å². The second kappa shape index (κ2) is 5.26. The van der Waals surface area contributed by atoms with Crippen LogP contribution >= 0.6 is 0 Å². The lowest BCUT2D eigenvalue weighted by molar-refractivity contribution is 0.0604. The van der Waals surface area contributed by atoms with Crippen LogP contribution in [0.5, 0.6) is 0 Å². The van der Waals surface area contributed by atoms with Crippen LogP contribution in [0.25, 0.3) is 0 Å². The maximum Gasteiger partial charge on any atom is 0.243 e. The average molecular weight is 270 g/mol. The first-order valence-electron chi connectivity index (χ1n) is 5.92. The fraction of sp³-hybridized carbons (Fsp3) is 0.500. The lowest BCUT2D eigenvalue weighted by atomic mass is 10.1. The van der Waals surface area contributed by atoms with Gasteiger partial charge in [-0.1, -0.05) is 6.07 Å². The van der Waals surface area contributed by atoms with E-state index in [9.17, 15) is 8.42 Å². The molecule has 0 amide bonds. The number of nitrogens with zero attached hydrogens (tertiary/aromatic N) is 1. The minimum absolute atomic E-state index is 0.164. The van der Waals surface area contributed by atoms with Crippen molar-refractivity contribution in [3.05, 3.63) is 24.3 Å². The van der Waals surface area contributed by atoms with E-state index in [1.54, 1.807) is 25.3 Å². The summed E-state index contributed by atoms with van der Waals surface area (Å²) in [5.41, 5.74) is 6.09. The van der Waals surface area contributed by atoms with Gasteiger partial charge in [0.15, 0.2) is 0 Å². The summed E-state index contributed by atoms with van der Waals surface area (Å²) in [5.74, 6) is 0. The van der Waals surface area contributed by atoms with Gasteiger partial charge in [-0.2, -0.15) is 4.31 Å². The Morgan fingerprint density at radius 1 is 1.33 bits per heavy atom. The second-order valence-corrected chi connectivity index (χ2v) is 6.35. The number of sulfonamides is 1. The Kier molecular flexibility index (Phi) is 3.89. The fourth-order valence-corrected chi connectivity index (χ4v) is 3.66. The molecule has 1 aromatic rings. The number of piperidine rings is 1. The highest BCUT2D eigenvalue weighted by Gasteiger charge is 2.29. The molecule has 1 aliphatic heterocycles. The third kappa shape index (κ3) is 2.66. The molecule has 1 aliphatic rings. The molecule has 0 unspecified atom stereocenters. The zero-order valence-electron chi connectivity index (χ0n) is 10.4. The third-order valence-electron chi connectivity index (χ3n) is 3.23. The number of hydrogen-bond donors (Lipinski definition) is 1. The van der Waals surface area contributed by atoms with Gasteiger partial charge in [-0.25, -0.2) is 8.42 Å². The van der Waals surface area contributed by atoms with E-state index in [2.05, 4.69) is 0 Å². The Morgan fingerprint density at radius 2 is 2.00 bits per heavy atom. The summed E-state index contributed by atoms with van der Waals surface area (Å²) in [6.07, 6.45) is 1.63. The Labute approximate surface area is 108 Å². The van der Waals surface area contributed by atoms with Crippen molar-refractivity contribution >= 4 is 15.7 Å². The van der Waals surface area contributed by atoms with Gasteiger partial charge in [0.1, 0.15) is 0 Å². The second-order valence-electron chi connectivity index (χ2n) is 4.41. The van der Waals surface area contributed by atoms with Crippen molar-refractivity contribution in [2.24, 2.45) is 0 Å². The SMILES string of the molecule is COC1CCN(S(=O)(=O)c2cccc(N)c2)CC1. The van der Waals surface area contributed by atoms with Gasteiger partial charge in [-0.3, -0.25) is 0 Å². The standard InChI is InChI=1S/C12H18N2O3S/c1-17-11-5-7-14(8-6-11)18(15,16)12-4-2-3-10(13)9-12/h2-4,9,11H,5-8,13H2,1H3. The first-order valence-corrected chi connectivity index (χ1v) is 7.36. The van der Waals surface area contributed by atoms with Gasteiger partial charge in [0.2, 0.25) is 10.0 Å². The molecule has 1 aromatic carbocycles. The van der Waals surface area contributed by atoms with Gasteiger partial charge >= 0.3 is 0 Å². The molecule has 100 valence electrons. The Bertz CT molecular complexity index is 508. The van der Waals surface area contributed by atoms with Crippen LogP contribution in [0.4, 0.5) is 5.69 Å². The highest BCUT2D eigenvalue weighted by molar-refractivity contribution is 7.89. The van der Waals surface area contributed by atoms with E-state index in [0.717, 1.165) is 12.8 Å². The Hall–Kier alpha value is -1.11. The molecule has 0 radical (unpaired) electrons. The summed E-state index contributed by atoms with van der Waals surface area (Å²) in [6.45, 7) is 0.991. The predicted molar refractivity (Wildman–Crippen MR) is 69.6 cm³/mol. The van der Waals surface area contributed by atoms with E-state index < -0.39 is 10.0 Å². The summed E-state index contributed by atoms with van der Waals surface area (Å²) in [6, 6.07) is 6.41. The summed E-state index contributed by atoms with van der Waals surface area (Å²) in [7, 11) is -1.76. The van der Waals surface area contributed by atoms with Crippen molar-refractivity contribution in [1.82, 2.24) is 4.31 Å². The molecular formula is C12H18N2O3S. The van der Waals surface area contributed by atoms with Gasteiger partial charge in [0.25, 0.3) is 0 Å². The maximum absolute atomic E-state index is 12.4. The molecule has 1 saturated heterocycles. The lowest BCUT2D eigenvalue weighted by Gasteiger charge is -2.30. The van der Waals surface area contributed by atoms with Crippen LogP contribution in [-0.4, -0.2) is 39.0 Å². The monoisotopic (exact) mass is 270 g/mol. The summed E-state index contributed by atoms with van der Waals surface area (Å²) in [5, 5.41) is 0. The molecule has 1 heterocycles. The Balaban J connectivity index is 2.17. The van der Waals surface area contributed by atoms with E-state index in [4.69, 9.17) is 10.5 Å². The number of ether oxygens (including phenoxy) is 1. The molecule has 18 heavy (non-hydrogen) atoms. The van der Waals surface area contributed by atoms with E-state index in [1.165, 1.54) is 10.4 Å². The number of rotatable bonds is 3. The molecule has 0 bridgehead atoms. The summed E-state index contributed by atoms with van der Waals surface area (Å²) in [4.78, 5) is 0.262. The van der Waals surface area contributed by atoms with Crippen molar-refractivity contribution in [2.45, 2.75) is 23.8 Å². The molecule has 0 spiro atoms. The topological polar surface area (TPSA) is 72.6 Å². The van der Waals surface area contributed by atoms with E-state index >= 15 is 0 Å². The maximum atomic E-state index is 12.4. The summed E-state index contributed by atoms with van der Waals surface area (Å²) >= 11 is 0. The summed E-state index contributed by atoms with van der Waals surface area (Å²) < 4.78 is 31.5. The number of nitrogen functional groups attached to an aromatic ring is 1. The smallest absolute Gasteiger partial charge is 0.243 e. The van der Waals surface area contributed by atoms with Crippen LogP contribution in [-0.2, 0) is 14.8 Å². The van der Waals surface area contributed by atoms with Gasteiger partial charge < -0.3 is 10.5 Å². The lowest BCUT2D eigenvalue weighted by Crippen LogP contribution is -2.40. The van der Waals surface area contributed by atoms with Crippen molar-refractivity contribution in [3.8, 4) is 0 Å². The van der Waals surface area contributed by atoms with Gasteiger partial charge in [0.05, 0.1) is 11.0 Å². The zero-order chi connectivity index (χ0) is 13.2. The van der Waals surface area contributed by atoms with Crippen LogP contribution in [0, 0.1) is 0 Å². The van der Waals surface area contributed by atoms with Gasteiger partial charge in [-0.05, 0) is 31.0 Å². The first-order chi connectivity index (χ1) is 8.54. The van der Waals surface area contributed by atoms with E-state index in [0.29, 0.717) is 18.8 Å². The third-order valence-corrected chi connectivity index (χ3v) is 5.12. The van der Waals surface area contributed by atoms with Gasteiger partial charge in [-0.15, -0.1) is 0 Å². The van der Waals surface area contributed by atoms with Gasteiger partial charge in [0, 0.05) is 25.9 Å². The normalized spacial score (nSPS) is 18.9. The number of methoxy groups -OCH3 is 1. The van der Waals surface area contributed by atoms with Crippen molar-refractivity contribution < 1.29 is 13.2 Å². The van der Waals surface area contributed by atoms with Crippen LogP contribution in [0.15, 0.2) is 29.2 Å². The molecule has 0 aliphatic carbocycles. The van der Waals surface area contributed by atoms with Crippen LogP contribution in [0.1, 0.15) is 12.8 Å². The van der Waals surface area contributed by atoms with Crippen molar-refractivity contribution in [3.63, 3.8) is 0 Å². The predicted octanol–water partition coefficient (Wildman–Crippen LogP) is 1.07. The molecular weight excluding hydrogens is 252 g/mol. The molecule has 2 N–H and O–H groups in total. The molecule has 5 nitrogen and oxygen atoms in total.